The van der Waals surface area contributed by atoms with Crippen molar-refractivity contribution in [3.63, 3.8) is 0 Å². The number of hydrogen-bond donors (Lipinski definition) is 0. The highest BCUT2D eigenvalue weighted by atomic mass is 32.1. The summed E-state index contributed by atoms with van der Waals surface area (Å²) in [4.78, 5) is 27.1. The summed E-state index contributed by atoms with van der Waals surface area (Å²) in [6.45, 7) is 3.25. The lowest BCUT2D eigenvalue weighted by molar-refractivity contribution is -0.0206. The standard InChI is InChI=1S/C18H19NO3S/c1-13(20)16-7-8-17(23-16)18(21)19-9-10-22-15(12-19)11-14-5-3-2-4-6-14/h2-8,15H,9-12H2,1H3/t15-/m1/s1. The quantitative estimate of drug-likeness (QED) is 0.810. The van der Waals surface area contributed by atoms with Gasteiger partial charge in [-0.3, -0.25) is 9.59 Å². The molecular weight excluding hydrogens is 310 g/mol. The average molecular weight is 329 g/mol. The van der Waals surface area contributed by atoms with Crippen LogP contribution in [0.25, 0.3) is 0 Å². The summed E-state index contributed by atoms with van der Waals surface area (Å²) < 4.78 is 5.80. The first kappa shape index (κ1) is 15.9. The predicted octanol–water partition coefficient (Wildman–Crippen LogP) is 3.03. The molecule has 1 amide bonds. The van der Waals surface area contributed by atoms with Gasteiger partial charge >= 0.3 is 0 Å². The molecule has 1 aromatic heterocycles. The van der Waals surface area contributed by atoms with Gasteiger partial charge in [-0.15, -0.1) is 11.3 Å². The molecule has 0 aliphatic carbocycles. The summed E-state index contributed by atoms with van der Waals surface area (Å²) in [6, 6.07) is 13.6. The van der Waals surface area contributed by atoms with E-state index in [2.05, 4.69) is 12.1 Å². The molecule has 23 heavy (non-hydrogen) atoms. The van der Waals surface area contributed by atoms with Crippen LogP contribution >= 0.6 is 11.3 Å². The summed E-state index contributed by atoms with van der Waals surface area (Å²) >= 11 is 1.27. The van der Waals surface area contributed by atoms with E-state index in [1.54, 1.807) is 12.1 Å². The van der Waals surface area contributed by atoms with Gasteiger partial charge in [0.2, 0.25) is 0 Å². The predicted molar refractivity (Wildman–Crippen MR) is 90.1 cm³/mol. The molecule has 1 aliphatic heterocycles. The molecule has 1 saturated heterocycles. The number of hydrogen-bond acceptors (Lipinski definition) is 4. The van der Waals surface area contributed by atoms with E-state index < -0.39 is 0 Å². The van der Waals surface area contributed by atoms with Gasteiger partial charge in [-0.05, 0) is 24.6 Å². The normalized spacial score (nSPS) is 18.0. The van der Waals surface area contributed by atoms with Crippen LogP contribution in [0, 0.1) is 0 Å². The maximum absolute atomic E-state index is 12.6. The van der Waals surface area contributed by atoms with Crippen LogP contribution in [-0.2, 0) is 11.2 Å². The van der Waals surface area contributed by atoms with E-state index in [4.69, 9.17) is 4.74 Å². The number of amides is 1. The zero-order chi connectivity index (χ0) is 16.2. The fraction of sp³-hybridized carbons (Fsp3) is 0.333. The number of nitrogens with zero attached hydrogens (tertiary/aromatic N) is 1. The van der Waals surface area contributed by atoms with Crippen LogP contribution in [0.1, 0.15) is 31.8 Å². The maximum atomic E-state index is 12.6. The second kappa shape index (κ2) is 7.06. The molecule has 0 bridgehead atoms. The second-order valence-electron chi connectivity index (χ2n) is 5.65. The van der Waals surface area contributed by atoms with E-state index in [9.17, 15) is 9.59 Å². The molecule has 4 nitrogen and oxygen atoms in total. The lowest BCUT2D eigenvalue weighted by atomic mass is 10.1. The van der Waals surface area contributed by atoms with E-state index >= 15 is 0 Å². The molecule has 0 N–H and O–H groups in total. The minimum absolute atomic E-state index is 0.00187. The van der Waals surface area contributed by atoms with Crippen molar-refractivity contribution in [3.05, 3.63) is 57.8 Å². The van der Waals surface area contributed by atoms with Gasteiger partial charge in [0.1, 0.15) is 0 Å². The highest BCUT2D eigenvalue weighted by molar-refractivity contribution is 7.15. The molecule has 3 rings (SSSR count). The summed E-state index contributed by atoms with van der Waals surface area (Å²) in [7, 11) is 0. The average Bonchev–Trinajstić information content (AvgIpc) is 3.06. The fourth-order valence-electron chi connectivity index (χ4n) is 2.70. The van der Waals surface area contributed by atoms with Crippen LogP contribution in [0.15, 0.2) is 42.5 Å². The highest BCUT2D eigenvalue weighted by Gasteiger charge is 2.26. The number of Topliss-reactive ketones (excluding diaryl/α,β-unsaturated/α-hetero) is 1. The number of rotatable bonds is 4. The van der Waals surface area contributed by atoms with Gasteiger partial charge in [-0.1, -0.05) is 30.3 Å². The number of ether oxygens (including phenoxy) is 1. The number of morpholine rings is 1. The van der Waals surface area contributed by atoms with Gasteiger partial charge in [-0.25, -0.2) is 0 Å². The smallest absolute Gasteiger partial charge is 0.264 e. The lowest BCUT2D eigenvalue weighted by Crippen LogP contribution is -2.46. The maximum Gasteiger partial charge on any atom is 0.264 e. The Morgan fingerprint density at radius 1 is 1.17 bits per heavy atom. The van der Waals surface area contributed by atoms with Crippen molar-refractivity contribution in [1.29, 1.82) is 0 Å². The van der Waals surface area contributed by atoms with Gasteiger partial charge < -0.3 is 9.64 Å². The minimum atomic E-state index is -0.0103. The molecule has 120 valence electrons. The molecule has 0 saturated carbocycles. The van der Waals surface area contributed by atoms with Crippen molar-refractivity contribution >= 4 is 23.0 Å². The van der Waals surface area contributed by atoms with Gasteiger partial charge in [0.25, 0.3) is 5.91 Å². The molecule has 5 heteroatoms. The molecule has 2 heterocycles. The molecule has 2 aromatic rings. The first-order chi connectivity index (χ1) is 11.1. The summed E-state index contributed by atoms with van der Waals surface area (Å²) in [5.74, 6) is -0.0122. The third-order valence-corrected chi connectivity index (χ3v) is 5.07. The van der Waals surface area contributed by atoms with Crippen molar-refractivity contribution in [2.45, 2.75) is 19.4 Å². The van der Waals surface area contributed by atoms with Crippen LogP contribution in [0.5, 0.6) is 0 Å². The van der Waals surface area contributed by atoms with Crippen molar-refractivity contribution < 1.29 is 14.3 Å². The van der Waals surface area contributed by atoms with Gasteiger partial charge in [0.05, 0.1) is 22.5 Å². The van der Waals surface area contributed by atoms with Crippen LogP contribution < -0.4 is 0 Å². The first-order valence-electron chi connectivity index (χ1n) is 7.69. The summed E-state index contributed by atoms with van der Waals surface area (Å²) in [5, 5.41) is 0. The third kappa shape index (κ3) is 3.86. The Balaban J connectivity index is 1.65. The Morgan fingerprint density at radius 3 is 2.61 bits per heavy atom. The number of ketones is 1. The van der Waals surface area contributed by atoms with E-state index in [0.29, 0.717) is 29.5 Å². The van der Waals surface area contributed by atoms with Crippen LogP contribution in [0.3, 0.4) is 0 Å². The van der Waals surface area contributed by atoms with Crippen LogP contribution in [-0.4, -0.2) is 42.4 Å². The van der Waals surface area contributed by atoms with Gasteiger partial charge in [-0.2, -0.15) is 0 Å². The number of thiophene rings is 1. The van der Waals surface area contributed by atoms with Crippen molar-refractivity contribution in [3.8, 4) is 0 Å². The highest BCUT2D eigenvalue weighted by Crippen LogP contribution is 2.21. The Labute approximate surface area is 139 Å². The molecular formula is C18H19NO3S. The van der Waals surface area contributed by atoms with Crippen molar-refractivity contribution in [2.24, 2.45) is 0 Å². The van der Waals surface area contributed by atoms with E-state index in [1.807, 2.05) is 23.1 Å². The topological polar surface area (TPSA) is 46.6 Å². The molecule has 1 aliphatic rings. The molecule has 1 aromatic carbocycles. The number of benzene rings is 1. The number of carbonyl (C=O) groups is 2. The van der Waals surface area contributed by atoms with Crippen LogP contribution in [0.2, 0.25) is 0 Å². The Kier molecular flexibility index (Phi) is 4.88. The summed E-state index contributed by atoms with van der Waals surface area (Å²) in [6.07, 6.45) is 0.815. The van der Waals surface area contributed by atoms with Crippen molar-refractivity contribution in [1.82, 2.24) is 4.90 Å². The molecule has 0 unspecified atom stereocenters. The SMILES string of the molecule is CC(=O)c1ccc(C(=O)N2CCO[C@H](Cc3ccccc3)C2)s1. The lowest BCUT2D eigenvalue weighted by Gasteiger charge is -2.32. The fourth-order valence-corrected chi connectivity index (χ4v) is 3.57. The monoisotopic (exact) mass is 329 g/mol. The van der Waals surface area contributed by atoms with E-state index in [1.165, 1.54) is 23.8 Å². The molecule has 0 radical (unpaired) electrons. The first-order valence-corrected chi connectivity index (χ1v) is 8.50. The molecule has 1 atom stereocenters. The largest absolute Gasteiger partial charge is 0.374 e. The van der Waals surface area contributed by atoms with E-state index in [-0.39, 0.29) is 17.8 Å². The third-order valence-electron chi connectivity index (χ3n) is 3.90. The minimum Gasteiger partial charge on any atom is -0.374 e. The Bertz CT molecular complexity index is 695. The number of carbonyl (C=O) groups excluding carboxylic acids is 2. The summed E-state index contributed by atoms with van der Waals surface area (Å²) in [5.41, 5.74) is 1.21. The molecule has 0 spiro atoms. The zero-order valence-corrected chi connectivity index (χ0v) is 13.8. The molecule has 1 fully saturated rings. The van der Waals surface area contributed by atoms with Crippen LogP contribution in [0.4, 0.5) is 0 Å². The Hall–Kier alpha value is -1.98. The van der Waals surface area contributed by atoms with Gasteiger partial charge in [0.15, 0.2) is 5.78 Å². The van der Waals surface area contributed by atoms with Crippen molar-refractivity contribution in [2.75, 3.05) is 19.7 Å². The van der Waals surface area contributed by atoms with Gasteiger partial charge in [0, 0.05) is 19.5 Å². The second-order valence-corrected chi connectivity index (χ2v) is 6.74. The van der Waals surface area contributed by atoms with E-state index in [0.717, 1.165) is 6.42 Å². The Morgan fingerprint density at radius 2 is 1.91 bits per heavy atom. The zero-order valence-electron chi connectivity index (χ0n) is 13.0.